The van der Waals surface area contributed by atoms with E-state index in [4.69, 9.17) is 0 Å². The number of amides is 2. The van der Waals surface area contributed by atoms with E-state index < -0.39 is 0 Å². The molecular formula is C12H16N2O2S. The molecule has 0 saturated carbocycles. The summed E-state index contributed by atoms with van der Waals surface area (Å²) in [6.45, 7) is 5.15. The fourth-order valence-electron chi connectivity index (χ4n) is 1.18. The first kappa shape index (κ1) is 13.6. The van der Waals surface area contributed by atoms with Gasteiger partial charge in [0.05, 0.1) is 5.25 Å². The molecular weight excluding hydrogens is 236 g/mol. The van der Waals surface area contributed by atoms with Gasteiger partial charge in [0, 0.05) is 11.8 Å². The van der Waals surface area contributed by atoms with E-state index in [0.29, 0.717) is 0 Å². The smallest absolute Gasteiger partial charge is 0.251 e. The molecule has 2 N–H and O–H groups in total. The van der Waals surface area contributed by atoms with Crippen LogP contribution in [0.5, 0.6) is 0 Å². The number of carbonyl (C=O) groups excluding carboxylic acids is 2. The van der Waals surface area contributed by atoms with Gasteiger partial charge in [-0.25, -0.2) is 0 Å². The van der Waals surface area contributed by atoms with Crippen LogP contribution in [0.15, 0.2) is 29.2 Å². The lowest BCUT2D eigenvalue weighted by Crippen LogP contribution is -2.43. The molecule has 5 heteroatoms. The van der Waals surface area contributed by atoms with E-state index in [9.17, 15) is 9.59 Å². The van der Waals surface area contributed by atoms with Gasteiger partial charge in [-0.15, -0.1) is 11.8 Å². The van der Waals surface area contributed by atoms with Crippen molar-refractivity contribution < 1.29 is 9.59 Å². The van der Waals surface area contributed by atoms with Crippen LogP contribution in [-0.2, 0) is 9.59 Å². The Hall–Kier alpha value is -1.49. The van der Waals surface area contributed by atoms with Gasteiger partial charge in [0.1, 0.15) is 0 Å². The fraction of sp³-hybridized carbons (Fsp3) is 0.333. The van der Waals surface area contributed by atoms with Crippen molar-refractivity contribution in [2.24, 2.45) is 0 Å². The highest BCUT2D eigenvalue weighted by Crippen LogP contribution is 2.26. The molecule has 0 saturated heterocycles. The van der Waals surface area contributed by atoms with Gasteiger partial charge < -0.3 is 0 Å². The van der Waals surface area contributed by atoms with Gasteiger partial charge in [-0.05, 0) is 25.5 Å². The second-order valence-corrected chi connectivity index (χ2v) is 5.08. The molecule has 0 unspecified atom stereocenters. The Balaban J connectivity index is 2.54. The van der Waals surface area contributed by atoms with Crippen LogP contribution < -0.4 is 10.9 Å². The van der Waals surface area contributed by atoms with Crippen molar-refractivity contribution >= 4 is 23.6 Å². The zero-order valence-corrected chi connectivity index (χ0v) is 10.9. The maximum Gasteiger partial charge on any atom is 0.251 e. The Morgan fingerprint density at radius 1 is 1.24 bits per heavy atom. The van der Waals surface area contributed by atoms with Gasteiger partial charge in [-0.1, -0.05) is 18.2 Å². The van der Waals surface area contributed by atoms with Crippen LogP contribution in [0.1, 0.15) is 19.4 Å². The quantitative estimate of drug-likeness (QED) is 0.635. The monoisotopic (exact) mass is 252 g/mol. The maximum absolute atomic E-state index is 11.6. The summed E-state index contributed by atoms with van der Waals surface area (Å²) in [7, 11) is 0. The van der Waals surface area contributed by atoms with Crippen molar-refractivity contribution in [3.63, 3.8) is 0 Å². The molecule has 0 radical (unpaired) electrons. The van der Waals surface area contributed by atoms with E-state index in [1.807, 2.05) is 31.2 Å². The number of hydrazine groups is 1. The number of hydrogen-bond donors (Lipinski definition) is 2. The summed E-state index contributed by atoms with van der Waals surface area (Å²) in [5, 5.41) is -0.261. The third-order valence-corrected chi connectivity index (χ3v) is 3.41. The Bertz CT molecular complexity index is 421. The summed E-state index contributed by atoms with van der Waals surface area (Å²) >= 11 is 1.47. The summed E-state index contributed by atoms with van der Waals surface area (Å²) in [5.41, 5.74) is 5.77. The minimum Gasteiger partial charge on any atom is -0.274 e. The molecule has 92 valence electrons. The van der Waals surface area contributed by atoms with Crippen LogP contribution in [0, 0.1) is 6.92 Å². The second-order valence-electron chi connectivity index (χ2n) is 3.70. The van der Waals surface area contributed by atoms with E-state index in [-0.39, 0.29) is 17.1 Å². The molecule has 0 aliphatic carbocycles. The molecule has 2 amide bonds. The van der Waals surface area contributed by atoms with Crippen molar-refractivity contribution in [3.8, 4) is 0 Å². The predicted molar refractivity (Wildman–Crippen MR) is 68.5 cm³/mol. The van der Waals surface area contributed by atoms with Gasteiger partial charge >= 0.3 is 0 Å². The first-order chi connectivity index (χ1) is 8.00. The molecule has 0 aromatic heterocycles. The predicted octanol–water partition coefficient (Wildman–Crippen LogP) is 1.64. The second kappa shape index (κ2) is 6.30. The van der Waals surface area contributed by atoms with E-state index in [0.717, 1.165) is 10.5 Å². The largest absolute Gasteiger partial charge is 0.274 e. The van der Waals surface area contributed by atoms with Crippen LogP contribution >= 0.6 is 11.8 Å². The van der Waals surface area contributed by atoms with Gasteiger partial charge in [-0.3, -0.25) is 20.4 Å². The van der Waals surface area contributed by atoms with Crippen molar-refractivity contribution in [2.75, 3.05) is 0 Å². The lowest BCUT2D eigenvalue weighted by atomic mass is 10.2. The van der Waals surface area contributed by atoms with Crippen LogP contribution in [0.25, 0.3) is 0 Å². The average molecular weight is 252 g/mol. The summed E-state index contributed by atoms with van der Waals surface area (Å²) in [6, 6.07) is 7.87. The Morgan fingerprint density at radius 3 is 2.47 bits per heavy atom. The standard InChI is InChI=1S/C12H16N2O2S/c1-8-6-4-5-7-11(8)17-9(2)12(16)14-13-10(3)15/h4-7,9H,1-3H3,(H,13,15)(H,14,16)/t9-/m0/s1. The molecule has 1 aromatic carbocycles. The molecule has 0 spiro atoms. The lowest BCUT2D eigenvalue weighted by molar-refractivity contribution is -0.127. The number of benzene rings is 1. The van der Waals surface area contributed by atoms with E-state index in [1.165, 1.54) is 18.7 Å². The topological polar surface area (TPSA) is 58.2 Å². The Labute approximate surface area is 105 Å². The zero-order chi connectivity index (χ0) is 12.8. The maximum atomic E-state index is 11.6. The third kappa shape index (κ3) is 4.48. The van der Waals surface area contributed by atoms with Crippen molar-refractivity contribution in [1.82, 2.24) is 10.9 Å². The van der Waals surface area contributed by atoms with Crippen LogP contribution in [0.4, 0.5) is 0 Å². The molecule has 0 heterocycles. The summed E-state index contributed by atoms with van der Waals surface area (Å²) in [6.07, 6.45) is 0. The highest BCUT2D eigenvalue weighted by molar-refractivity contribution is 8.00. The summed E-state index contributed by atoms with van der Waals surface area (Å²) < 4.78 is 0. The first-order valence-corrected chi connectivity index (χ1v) is 6.17. The normalized spacial score (nSPS) is 11.7. The molecule has 1 atom stereocenters. The van der Waals surface area contributed by atoms with E-state index in [1.54, 1.807) is 6.92 Å². The molecule has 1 aromatic rings. The van der Waals surface area contributed by atoms with Crippen LogP contribution in [-0.4, -0.2) is 17.1 Å². The van der Waals surface area contributed by atoms with Crippen molar-refractivity contribution in [1.29, 1.82) is 0 Å². The summed E-state index contributed by atoms with van der Waals surface area (Å²) in [4.78, 5) is 23.3. The molecule has 0 aliphatic rings. The molecule has 4 nitrogen and oxygen atoms in total. The zero-order valence-electron chi connectivity index (χ0n) is 10.1. The Kier molecular flexibility index (Phi) is 5.03. The van der Waals surface area contributed by atoms with Crippen molar-refractivity contribution in [2.45, 2.75) is 30.9 Å². The number of nitrogens with one attached hydrogen (secondary N) is 2. The third-order valence-electron chi connectivity index (χ3n) is 2.13. The lowest BCUT2D eigenvalue weighted by Gasteiger charge is -2.13. The molecule has 17 heavy (non-hydrogen) atoms. The first-order valence-electron chi connectivity index (χ1n) is 5.29. The summed E-state index contributed by atoms with van der Waals surface area (Å²) in [5.74, 6) is -0.500. The van der Waals surface area contributed by atoms with E-state index >= 15 is 0 Å². The molecule has 0 aliphatic heterocycles. The highest BCUT2D eigenvalue weighted by Gasteiger charge is 2.15. The number of hydrogen-bond acceptors (Lipinski definition) is 3. The van der Waals surface area contributed by atoms with Gasteiger partial charge in [0.25, 0.3) is 5.91 Å². The molecule has 0 fully saturated rings. The number of aryl methyl sites for hydroxylation is 1. The minimum atomic E-state index is -0.286. The van der Waals surface area contributed by atoms with E-state index in [2.05, 4.69) is 10.9 Å². The van der Waals surface area contributed by atoms with Crippen LogP contribution in [0.2, 0.25) is 0 Å². The van der Waals surface area contributed by atoms with Gasteiger partial charge in [0.2, 0.25) is 5.91 Å². The SMILES string of the molecule is CC(=O)NNC(=O)[C@H](C)Sc1ccccc1C. The minimum absolute atomic E-state index is 0.214. The highest BCUT2D eigenvalue weighted by atomic mass is 32.2. The van der Waals surface area contributed by atoms with Crippen molar-refractivity contribution in [3.05, 3.63) is 29.8 Å². The number of carbonyl (C=O) groups is 2. The fourth-order valence-corrected chi connectivity index (χ4v) is 2.14. The average Bonchev–Trinajstić information content (AvgIpc) is 2.28. The molecule has 1 rings (SSSR count). The van der Waals surface area contributed by atoms with Crippen LogP contribution in [0.3, 0.4) is 0 Å². The molecule has 0 bridgehead atoms. The van der Waals surface area contributed by atoms with Gasteiger partial charge in [-0.2, -0.15) is 0 Å². The van der Waals surface area contributed by atoms with Gasteiger partial charge in [0.15, 0.2) is 0 Å². The Morgan fingerprint density at radius 2 is 1.88 bits per heavy atom. The number of rotatable bonds is 3. The number of thioether (sulfide) groups is 1.